The lowest BCUT2D eigenvalue weighted by atomic mass is 10.0. The smallest absolute Gasteiger partial charge is 0.306 e. The number of hydrogen-bond acceptors (Lipinski definition) is 8. The molecule has 0 aliphatic heterocycles. The monoisotopic (exact) mass is 924 g/mol. The van der Waals surface area contributed by atoms with Gasteiger partial charge in [-0.3, -0.25) is 9.59 Å². The van der Waals surface area contributed by atoms with Crippen molar-refractivity contribution < 1.29 is 42.9 Å². The Balaban J connectivity index is 4.17. The van der Waals surface area contributed by atoms with Crippen LogP contribution >= 0.6 is 0 Å². The van der Waals surface area contributed by atoms with Crippen molar-refractivity contribution in [2.45, 2.75) is 296 Å². The molecule has 0 aromatic heterocycles. The van der Waals surface area contributed by atoms with Crippen molar-refractivity contribution in [3.63, 3.8) is 0 Å². The van der Waals surface area contributed by atoms with Gasteiger partial charge in [0.1, 0.15) is 13.2 Å². The van der Waals surface area contributed by atoms with Gasteiger partial charge in [0.2, 0.25) is 0 Å². The average molecular weight is 924 g/mol. The zero-order valence-electron chi connectivity index (χ0n) is 43.9. The lowest BCUT2D eigenvalue weighted by Crippen LogP contribution is -2.44. The maximum Gasteiger partial charge on any atom is 0.306 e. The topological polar surface area (TPSA) is 111 Å². The van der Waals surface area contributed by atoms with E-state index in [0.29, 0.717) is 17.4 Å². The second-order valence-corrected chi connectivity index (χ2v) is 20.6. The van der Waals surface area contributed by atoms with Gasteiger partial charge in [0.05, 0.1) is 40.3 Å². The molecule has 0 rings (SSSR count). The molecular formula is C56H109NO8. The van der Waals surface area contributed by atoms with Crippen LogP contribution in [-0.2, 0) is 33.3 Å². The standard InChI is InChI=1S/C56H109NO8/c1-6-8-10-12-14-16-18-20-22-23-24-25-26-27-28-29-30-31-33-35-37-39-41-43-45-47-54(59)65-52(51-64-56(55(60)61)62-49-48-57(3,4)5)50-63-53(58)46-44-42-40-38-36-34-32-21-19-17-15-13-11-9-7-2/h52,56H,6-51H2,1-5H3. The highest BCUT2D eigenvalue weighted by Crippen LogP contribution is 2.18. The molecule has 0 N–H and O–H groups in total. The Bertz CT molecular complexity index is 1030. The number of aliphatic carboxylic acids is 1. The molecule has 0 aromatic rings. The van der Waals surface area contributed by atoms with Gasteiger partial charge in [0, 0.05) is 12.8 Å². The van der Waals surface area contributed by atoms with Gasteiger partial charge >= 0.3 is 11.9 Å². The second kappa shape index (κ2) is 48.7. The Morgan fingerprint density at radius 1 is 0.400 bits per heavy atom. The summed E-state index contributed by atoms with van der Waals surface area (Å²) in [7, 11) is 5.93. The van der Waals surface area contributed by atoms with Gasteiger partial charge in [-0.05, 0) is 12.8 Å². The average Bonchev–Trinajstić information content (AvgIpc) is 3.27. The van der Waals surface area contributed by atoms with Gasteiger partial charge < -0.3 is 33.3 Å². The van der Waals surface area contributed by atoms with E-state index in [1.165, 1.54) is 218 Å². The molecule has 0 amide bonds. The second-order valence-electron chi connectivity index (χ2n) is 20.6. The number of likely N-dealkylation sites (N-methyl/N-ethyl adjacent to an activating group) is 1. The summed E-state index contributed by atoms with van der Waals surface area (Å²) in [6.07, 6.45) is 50.1. The number of hydrogen-bond donors (Lipinski definition) is 0. The summed E-state index contributed by atoms with van der Waals surface area (Å²) in [6.45, 7) is 4.81. The largest absolute Gasteiger partial charge is 0.545 e. The summed E-state index contributed by atoms with van der Waals surface area (Å²) in [6, 6.07) is 0. The molecule has 0 saturated heterocycles. The fourth-order valence-corrected chi connectivity index (χ4v) is 8.48. The summed E-state index contributed by atoms with van der Waals surface area (Å²) < 4.78 is 22.7. The number of carboxylic acids is 1. The quantitative estimate of drug-likeness (QED) is 0.0257. The summed E-state index contributed by atoms with van der Waals surface area (Å²) in [5.74, 6) is -2.25. The lowest BCUT2D eigenvalue weighted by molar-refractivity contribution is -0.870. The number of nitrogens with zero attached hydrogens (tertiary/aromatic N) is 1. The fraction of sp³-hybridized carbons (Fsp3) is 0.946. The van der Waals surface area contributed by atoms with Crippen LogP contribution in [0, 0.1) is 0 Å². The van der Waals surface area contributed by atoms with E-state index in [2.05, 4.69) is 13.8 Å². The third-order valence-corrected chi connectivity index (χ3v) is 12.9. The molecule has 0 heterocycles. The molecule has 2 unspecified atom stereocenters. The van der Waals surface area contributed by atoms with Gasteiger partial charge in [0.15, 0.2) is 12.4 Å². The van der Waals surface area contributed by atoms with Crippen LogP contribution in [0.15, 0.2) is 0 Å². The first kappa shape index (κ1) is 63.3. The van der Waals surface area contributed by atoms with Gasteiger partial charge in [0.25, 0.3) is 0 Å². The molecule has 386 valence electrons. The van der Waals surface area contributed by atoms with Crippen LogP contribution in [0.3, 0.4) is 0 Å². The van der Waals surface area contributed by atoms with Crippen LogP contribution in [0.25, 0.3) is 0 Å². The van der Waals surface area contributed by atoms with E-state index in [-0.39, 0.29) is 32.2 Å². The fourth-order valence-electron chi connectivity index (χ4n) is 8.48. The minimum Gasteiger partial charge on any atom is -0.545 e. The maximum atomic E-state index is 12.8. The molecule has 0 aromatic carbocycles. The molecule has 0 aliphatic carbocycles. The molecule has 0 bridgehead atoms. The number of rotatable bonds is 53. The molecule has 0 aliphatic rings. The zero-order chi connectivity index (χ0) is 47.7. The molecule has 9 nitrogen and oxygen atoms in total. The molecule has 9 heteroatoms. The predicted octanol–water partition coefficient (Wildman–Crippen LogP) is 14.7. The van der Waals surface area contributed by atoms with E-state index >= 15 is 0 Å². The van der Waals surface area contributed by atoms with Crippen molar-refractivity contribution in [2.24, 2.45) is 0 Å². The Kier molecular flexibility index (Phi) is 47.5. The first-order valence-electron chi connectivity index (χ1n) is 28.2. The highest BCUT2D eigenvalue weighted by Gasteiger charge is 2.22. The number of carbonyl (C=O) groups excluding carboxylic acids is 3. The lowest BCUT2D eigenvalue weighted by Gasteiger charge is -2.26. The van der Waals surface area contributed by atoms with Gasteiger partial charge in [-0.15, -0.1) is 0 Å². The summed E-state index contributed by atoms with van der Waals surface area (Å²) in [4.78, 5) is 37.2. The van der Waals surface area contributed by atoms with E-state index in [0.717, 1.165) is 38.5 Å². The Morgan fingerprint density at radius 2 is 0.692 bits per heavy atom. The molecule has 0 radical (unpaired) electrons. The van der Waals surface area contributed by atoms with Crippen LogP contribution in [0.5, 0.6) is 0 Å². The van der Waals surface area contributed by atoms with Crippen molar-refractivity contribution in [1.29, 1.82) is 0 Å². The first-order valence-corrected chi connectivity index (χ1v) is 28.2. The van der Waals surface area contributed by atoms with Crippen LogP contribution in [0.2, 0.25) is 0 Å². The van der Waals surface area contributed by atoms with Crippen molar-refractivity contribution in [3.8, 4) is 0 Å². The number of quaternary nitrogens is 1. The van der Waals surface area contributed by atoms with Gasteiger partial charge in [-0.2, -0.15) is 0 Å². The Labute approximate surface area is 403 Å². The number of carbonyl (C=O) groups is 3. The van der Waals surface area contributed by atoms with Crippen molar-refractivity contribution in [2.75, 3.05) is 47.5 Å². The van der Waals surface area contributed by atoms with Crippen LogP contribution < -0.4 is 5.11 Å². The van der Waals surface area contributed by atoms with E-state index in [9.17, 15) is 19.5 Å². The normalized spacial score (nSPS) is 12.7. The minimum absolute atomic E-state index is 0.153. The summed E-state index contributed by atoms with van der Waals surface area (Å²) >= 11 is 0. The van der Waals surface area contributed by atoms with E-state index in [1.807, 2.05) is 21.1 Å². The number of carboxylic acid groups (broad SMARTS) is 1. The first-order chi connectivity index (χ1) is 31.6. The third-order valence-electron chi connectivity index (χ3n) is 12.9. The number of unbranched alkanes of at least 4 members (excludes halogenated alkanes) is 38. The van der Waals surface area contributed by atoms with Gasteiger partial charge in [-0.1, -0.05) is 258 Å². The molecule has 2 atom stereocenters. The van der Waals surface area contributed by atoms with Crippen molar-refractivity contribution >= 4 is 17.9 Å². The summed E-state index contributed by atoms with van der Waals surface area (Å²) in [5, 5.41) is 11.7. The van der Waals surface area contributed by atoms with E-state index < -0.39 is 24.3 Å². The Hall–Kier alpha value is -1.71. The highest BCUT2D eigenvalue weighted by atomic mass is 16.7. The van der Waals surface area contributed by atoms with Gasteiger partial charge in [-0.25, -0.2) is 0 Å². The molecule has 0 fully saturated rings. The zero-order valence-corrected chi connectivity index (χ0v) is 43.9. The molecule has 0 saturated carbocycles. The third kappa shape index (κ3) is 50.0. The predicted molar refractivity (Wildman–Crippen MR) is 270 cm³/mol. The van der Waals surface area contributed by atoms with Crippen LogP contribution in [-0.4, -0.2) is 82.3 Å². The Morgan fingerprint density at radius 3 is 0.985 bits per heavy atom. The van der Waals surface area contributed by atoms with Crippen molar-refractivity contribution in [1.82, 2.24) is 0 Å². The van der Waals surface area contributed by atoms with Crippen LogP contribution in [0.4, 0.5) is 0 Å². The van der Waals surface area contributed by atoms with E-state index in [4.69, 9.17) is 18.9 Å². The molecule has 0 spiro atoms. The molecular weight excluding hydrogens is 815 g/mol. The number of esters is 2. The SMILES string of the molecule is CCCCCCCCCCCCCCCCCCCCCCCCCCCC(=O)OC(COC(=O)CCCCCCCCCCCCCCCCC)COC(OCC[N+](C)(C)C)C(=O)[O-]. The molecule has 65 heavy (non-hydrogen) atoms. The summed E-state index contributed by atoms with van der Waals surface area (Å²) in [5.41, 5.74) is 0. The number of ether oxygens (including phenoxy) is 4. The minimum atomic E-state index is -1.61. The van der Waals surface area contributed by atoms with Crippen LogP contribution in [0.1, 0.15) is 284 Å². The van der Waals surface area contributed by atoms with E-state index in [1.54, 1.807) is 0 Å². The maximum absolute atomic E-state index is 12.8. The van der Waals surface area contributed by atoms with Crippen molar-refractivity contribution in [3.05, 3.63) is 0 Å². The highest BCUT2D eigenvalue weighted by molar-refractivity contribution is 5.70.